The Balaban J connectivity index is 1.21. The first kappa shape index (κ1) is 27.7. The summed E-state index contributed by atoms with van der Waals surface area (Å²) in [4.78, 5) is 41.7. The first-order valence-electron chi connectivity index (χ1n) is 14.1. The molecule has 0 spiro atoms. The summed E-state index contributed by atoms with van der Waals surface area (Å²) in [6, 6.07) is 14.9. The highest BCUT2D eigenvalue weighted by atomic mass is 19.3. The molecule has 3 amide bonds. The summed E-state index contributed by atoms with van der Waals surface area (Å²) >= 11 is 0. The fourth-order valence-corrected chi connectivity index (χ4v) is 5.52. The van der Waals surface area contributed by atoms with Crippen molar-refractivity contribution in [2.45, 2.75) is 57.7 Å². The number of nitrogens with zero attached hydrogens (tertiary/aromatic N) is 4. The highest BCUT2D eigenvalue weighted by Crippen LogP contribution is 2.33. The average molecular weight is 576 g/mol. The maximum Gasteiger partial charge on any atom is 0.282 e. The highest BCUT2D eigenvalue weighted by molar-refractivity contribution is 5.95. The van der Waals surface area contributed by atoms with Crippen LogP contribution in [0, 0.1) is 5.92 Å². The van der Waals surface area contributed by atoms with Crippen LogP contribution in [0.25, 0.3) is 11.3 Å². The second-order valence-electron chi connectivity index (χ2n) is 11.3. The van der Waals surface area contributed by atoms with Gasteiger partial charge in [0.2, 0.25) is 11.8 Å². The summed E-state index contributed by atoms with van der Waals surface area (Å²) in [7, 11) is 0. The number of hydrogen-bond acceptors (Lipinski definition) is 6. The van der Waals surface area contributed by atoms with Gasteiger partial charge in [-0.25, -0.2) is 8.78 Å². The molecule has 2 aromatic carbocycles. The molecule has 3 fully saturated rings. The minimum Gasteiger partial charge on any atom is -0.457 e. The summed E-state index contributed by atoms with van der Waals surface area (Å²) in [6.07, 6.45) is 0.141. The van der Waals surface area contributed by atoms with Gasteiger partial charge < -0.3 is 19.9 Å². The lowest BCUT2D eigenvalue weighted by Gasteiger charge is -2.20. The Morgan fingerprint density at radius 3 is 2.43 bits per heavy atom. The SMILES string of the molecule is C[C@H]1CC(=O)N(Cc2ccc(C(=O)N[C@H]3CC(=O)N(C4CC4)C3)cc2Oc2ccc(-c3ccc(C(F)F)nn3)cc2)C1. The van der Waals surface area contributed by atoms with Crippen LogP contribution in [0.4, 0.5) is 8.78 Å². The van der Waals surface area contributed by atoms with E-state index in [4.69, 9.17) is 4.74 Å². The van der Waals surface area contributed by atoms with E-state index >= 15 is 0 Å². The number of halogens is 2. The van der Waals surface area contributed by atoms with E-state index in [1.54, 1.807) is 47.4 Å². The van der Waals surface area contributed by atoms with Crippen LogP contribution in [-0.2, 0) is 16.1 Å². The second-order valence-corrected chi connectivity index (χ2v) is 11.3. The molecule has 11 heteroatoms. The van der Waals surface area contributed by atoms with Gasteiger partial charge in [0.05, 0.1) is 11.7 Å². The minimum atomic E-state index is -2.69. The molecule has 218 valence electrons. The predicted molar refractivity (Wildman–Crippen MR) is 149 cm³/mol. The molecule has 0 radical (unpaired) electrons. The Kier molecular flexibility index (Phi) is 7.57. The highest BCUT2D eigenvalue weighted by Gasteiger charge is 2.39. The first-order chi connectivity index (χ1) is 20.2. The van der Waals surface area contributed by atoms with Crippen molar-refractivity contribution in [3.05, 3.63) is 71.4 Å². The van der Waals surface area contributed by atoms with Crippen molar-refractivity contribution in [2.75, 3.05) is 13.1 Å². The van der Waals surface area contributed by atoms with Gasteiger partial charge in [0, 0.05) is 55.2 Å². The monoisotopic (exact) mass is 575 g/mol. The van der Waals surface area contributed by atoms with Crippen LogP contribution >= 0.6 is 0 Å². The van der Waals surface area contributed by atoms with Crippen LogP contribution in [0.2, 0.25) is 0 Å². The quantitative estimate of drug-likeness (QED) is 0.396. The molecular weight excluding hydrogens is 544 g/mol. The van der Waals surface area contributed by atoms with Crippen molar-refractivity contribution in [3.8, 4) is 22.8 Å². The van der Waals surface area contributed by atoms with Gasteiger partial charge in [0.25, 0.3) is 12.3 Å². The van der Waals surface area contributed by atoms with E-state index in [1.807, 2.05) is 11.8 Å². The van der Waals surface area contributed by atoms with E-state index in [2.05, 4.69) is 15.5 Å². The van der Waals surface area contributed by atoms with Crippen molar-refractivity contribution in [1.29, 1.82) is 0 Å². The number of hydrogen-bond donors (Lipinski definition) is 1. The summed E-state index contributed by atoms with van der Waals surface area (Å²) < 4.78 is 31.9. The zero-order chi connectivity index (χ0) is 29.4. The Morgan fingerprint density at radius 1 is 1.00 bits per heavy atom. The zero-order valence-electron chi connectivity index (χ0n) is 23.1. The maximum absolute atomic E-state index is 13.2. The van der Waals surface area contributed by atoms with Gasteiger partial charge >= 0.3 is 0 Å². The van der Waals surface area contributed by atoms with Crippen LogP contribution in [0.15, 0.2) is 54.6 Å². The summed E-state index contributed by atoms with van der Waals surface area (Å²) in [5, 5.41) is 10.5. The lowest BCUT2D eigenvalue weighted by Crippen LogP contribution is -2.37. The van der Waals surface area contributed by atoms with Crippen molar-refractivity contribution in [3.63, 3.8) is 0 Å². The molecule has 1 aromatic heterocycles. The Bertz CT molecular complexity index is 1490. The molecule has 3 aromatic rings. The van der Waals surface area contributed by atoms with Crippen LogP contribution in [0.5, 0.6) is 11.5 Å². The fraction of sp³-hybridized carbons (Fsp3) is 0.387. The molecule has 3 heterocycles. The number of carbonyl (C=O) groups is 3. The molecule has 6 rings (SSSR count). The molecule has 2 atom stereocenters. The fourth-order valence-electron chi connectivity index (χ4n) is 5.52. The third-order valence-corrected chi connectivity index (χ3v) is 7.87. The van der Waals surface area contributed by atoms with Gasteiger partial charge in [-0.15, -0.1) is 5.10 Å². The Labute approximate surface area is 241 Å². The number of rotatable bonds is 9. The molecule has 42 heavy (non-hydrogen) atoms. The number of carbonyl (C=O) groups excluding carboxylic acids is 3. The van der Waals surface area contributed by atoms with E-state index in [1.165, 1.54) is 12.1 Å². The van der Waals surface area contributed by atoms with E-state index in [9.17, 15) is 23.2 Å². The van der Waals surface area contributed by atoms with Crippen molar-refractivity contribution in [1.82, 2.24) is 25.3 Å². The summed E-state index contributed by atoms with van der Waals surface area (Å²) in [5.74, 6) is 1.04. The van der Waals surface area contributed by atoms with Gasteiger partial charge in [-0.2, -0.15) is 5.10 Å². The van der Waals surface area contributed by atoms with E-state index in [0.29, 0.717) is 66.8 Å². The van der Waals surface area contributed by atoms with Gasteiger partial charge in [-0.3, -0.25) is 14.4 Å². The van der Waals surface area contributed by atoms with Gasteiger partial charge in [0.1, 0.15) is 17.2 Å². The molecule has 3 aliphatic rings. The number of ether oxygens (including phenoxy) is 1. The molecular formula is C31H31F2N5O4. The largest absolute Gasteiger partial charge is 0.457 e. The zero-order valence-corrected chi connectivity index (χ0v) is 23.1. The molecule has 1 aliphatic carbocycles. The van der Waals surface area contributed by atoms with E-state index in [0.717, 1.165) is 18.4 Å². The predicted octanol–water partition coefficient (Wildman–Crippen LogP) is 4.74. The van der Waals surface area contributed by atoms with E-state index in [-0.39, 0.29) is 35.4 Å². The average Bonchev–Trinajstić information content (AvgIpc) is 3.68. The van der Waals surface area contributed by atoms with Crippen LogP contribution < -0.4 is 10.1 Å². The second kappa shape index (κ2) is 11.5. The van der Waals surface area contributed by atoms with Crippen molar-refractivity contribution >= 4 is 17.7 Å². The molecule has 9 nitrogen and oxygen atoms in total. The number of nitrogens with one attached hydrogen (secondary N) is 1. The van der Waals surface area contributed by atoms with E-state index < -0.39 is 6.43 Å². The molecule has 0 bridgehead atoms. The topological polar surface area (TPSA) is 105 Å². The normalized spacial score (nSPS) is 20.5. The minimum absolute atomic E-state index is 0.0738. The Hall–Kier alpha value is -4.41. The number of likely N-dealkylation sites (tertiary alicyclic amines) is 2. The third kappa shape index (κ3) is 6.09. The maximum atomic E-state index is 13.2. The molecule has 0 unspecified atom stereocenters. The summed E-state index contributed by atoms with van der Waals surface area (Å²) in [5.41, 5.74) is 1.87. The first-order valence-corrected chi connectivity index (χ1v) is 14.1. The van der Waals surface area contributed by atoms with Gasteiger partial charge in [0.15, 0.2) is 0 Å². The third-order valence-electron chi connectivity index (χ3n) is 7.87. The Morgan fingerprint density at radius 2 is 1.79 bits per heavy atom. The molecule has 2 saturated heterocycles. The number of benzene rings is 2. The van der Waals surface area contributed by atoms with Crippen LogP contribution in [0.3, 0.4) is 0 Å². The standard InChI is InChI=1S/C31H31F2N5O4/c1-18-12-28(39)37(15-18)16-21-3-2-20(31(41)34-22-14-29(40)38(17-22)23-6-7-23)13-27(21)42-24-8-4-19(5-9-24)25-10-11-26(30(32)33)36-35-25/h2-5,8-11,13,18,22-23,30H,6-7,12,14-17H2,1H3,(H,34,41)/t18-,22-/m0/s1. The smallest absolute Gasteiger partial charge is 0.282 e. The van der Waals surface area contributed by atoms with Crippen LogP contribution in [0.1, 0.15) is 60.6 Å². The van der Waals surface area contributed by atoms with Crippen molar-refractivity contribution in [2.24, 2.45) is 5.92 Å². The number of aromatic nitrogens is 2. The van der Waals surface area contributed by atoms with Crippen molar-refractivity contribution < 1.29 is 27.9 Å². The number of amides is 3. The lowest BCUT2D eigenvalue weighted by atomic mass is 10.1. The number of alkyl halides is 2. The molecule has 1 saturated carbocycles. The van der Waals surface area contributed by atoms with Crippen LogP contribution in [-0.4, -0.2) is 62.9 Å². The van der Waals surface area contributed by atoms with Gasteiger partial charge in [-0.1, -0.05) is 13.0 Å². The summed E-state index contributed by atoms with van der Waals surface area (Å²) in [6.45, 7) is 3.55. The lowest BCUT2D eigenvalue weighted by molar-refractivity contribution is -0.129. The molecule has 1 N–H and O–H groups in total. The molecule has 2 aliphatic heterocycles. The van der Waals surface area contributed by atoms with Gasteiger partial charge in [-0.05, 0) is 67.3 Å².